The molecule has 2 rings (SSSR count). The van der Waals surface area contributed by atoms with E-state index in [-0.39, 0.29) is 6.42 Å². The molecule has 2 aromatic rings. The smallest absolute Gasteiger partial charge is 0.228 e. The zero-order chi connectivity index (χ0) is 14.7. The van der Waals surface area contributed by atoms with E-state index in [4.69, 9.17) is 0 Å². The Morgan fingerprint density at radius 2 is 1.55 bits per heavy atom. The molecule has 2 aromatic carbocycles. The third-order valence-corrected chi connectivity index (χ3v) is 2.59. The number of carbonyl (C=O) groups is 1. The van der Waals surface area contributed by atoms with Crippen molar-refractivity contribution in [1.29, 1.82) is 0 Å². The molecule has 0 bridgehead atoms. The van der Waals surface area contributed by atoms with Crippen molar-refractivity contribution in [2.75, 3.05) is 5.32 Å². The van der Waals surface area contributed by atoms with Crippen molar-refractivity contribution in [2.45, 2.75) is 6.42 Å². The molecule has 0 aliphatic carbocycles. The molecule has 2 nitrogen and oxygen atoms in total. The molecule has 6 heteroatoms. The lowest BCUT2D eigenvalue weighted by molar-refractivity contribution is -0.115. The van der Waals surface area contributed by atoms with Gasteiger partial charge < -0.3 is 5.32 Å². The van der Waals surface area contributed by atoms with E-state index in [2.05, 4.69) is 5.32 Å². The average Bonchev–Trinajstić information content (AvgIpc) is 2.42. The second-order valence-electron chi connectivity index (χ2n) is 4.07. The van der Waals surface area contributed by atoms with Crippen LogP contribution in [0.2, 0.25) is 0 Å². The number of hydrogen-bond donors (Lipinski definition) is 1. The number of rotatable bonds is 3. The highest BCUT2D eigenvalue weighted by atomic mass is 19.2. The SMILES string of the molecule is O=C(Cc1ccc(F)cc1)Nc1ccc(F)c(F)c1F. The van der Waals surface area contributed by atoms with Gasteiger partial charge >= 0.3 is 0 Å². The summed E-state index contributed by atoms with van der Waals surface area (Å²) >= 11 is 0. The van der Waals surface area contributed by atoms with Gasteiger partial charge in [-0.3, -0.25) is 4.79 Å². The molecule has 1 N–H and O–H groups in total. The van der Waals surface area contributed by atoms with Gasteiger partial charge in [0.2, 0.25) is 5.91 Å². The Kier molecular flexibility index (Phi) is 4.02. The number of nitrogens with one attached hydrogen (secondary N) is 1. The summed E-state index contributed by atoms with van der Waals surface area (Å²) in [4.78, 5) is 11.6. The van der Waals surface area contributed by atoms with Crippen LogP contribution in [0.3, 0.4) is 0 Å². The molecular weight excluding hydrogens is 274 g/mol. The second kappa shape index (κ2) is 5.73. The van der Waals surface area contributed by atoms with E-state index in [0.29, 0.717) is 11.6 Å². The molecule has 0 saturated carbocycles. The minimum Gasteiger partial charge on any atom is -0.323 e. The Morgan fingerprint density at radius 3 is 2.20 bits per heavy atom. The molecule has 1 amide bonds. The molecule has 0 atom stereocenters. The molecule has 0 aliphatic rings. The van der Waals surface area contributed by atoms with Gasteiger partial charge in [-0.05, 0) is 29.8 Å². The van der Waals surface area contributed by atoms with Crippen LogP contribution in [0, 0.1) is 23.3 Å². The van der Waals surface area contributed by atoms with Gasteiger partial charge in [-0.1, -0.05) is 12.1 Å². The maximum Gasteiger partial charge on any atom is 0.228 e. The quantitative estimate of drug-likeness (QED) is 0.678. The van der Waals surface area contributed by atoms with Gasteiger partial charge in [-0.25, -0.2) is 17.6 Å². The van der Waals surface area contributed by atoms with Crippen molar-refractivity contribution in [2.24, 2.45) is 0 Å². The third-order valence-electron chi connectivity index (χ3n) is 2.59. The zero-order valence-electron chi connectivity index (χ0n) is 10.1. The van der Waals surface area contributed by atoms with Crippen molar-refractivity contribution in [3.8, 4) is 0 Å². The molecule has 0 heterocycles. The van der Waals surface area contributed by atoms with Crippen molar-refractivity contribution in [3.63, 3.8) is 0 Å². The Balaban J connectivity index is 2.08. The molecule has 0 saturated heterocycles. The summed E-state index contributed by atoms with van der Waals surface area (Å²) in [5.74, 6) is -5.51. The minimum absolute atomic E-state index is 0.140. The van der Waals surface area contributed by atoms with Crippen LogP contribution in [-0.2, 0) is 11.2 Å². The fourth-order valence-corrected chi connectivity index (χ4v) is 1.60. The van der Waals surface area contributed by atoms with E-state index in [1.54, 1.807) is 0 Å². The van der Waals surface area contributed by atoms with Gasteiger partial charge in [0.05, 0.1) is 12.1 Å². The van der Waals surface area contributed by atoms with Gasteiger partial charge in [0.15, 0.2) is 17.5 Å². The van der Waals surface area contributed by atoms with E-state index < -0.39 is 34.9 Å². The van der Waals surface area contributed by atoms with Crippen LogP contribution in [-0.4, -0.2) is 5.91 Å². The second-order valence-corrected chi connectivity index (χ2v) is 4.07. The third kappa shape index (κ3) is 3.14. The molecule has 0 aromatic heterocycles. The summed E-state index contributed by atoms with van der Waals surface area (Å²) in [5.41, 5.74) is 0.0582. The van der Waals surface area contributed by atoms with Crippen LogP contribution in [0.4, 0.5) is 23.2 Å². The lowest BCUT2D eigenvalue weighted by Gasteiger charge is -2.07. The zero-order valence-corrected chi connectivity index (χ0v) is 10.1. The Bertz CT molecular complexity index is 640. The molecule has 20 heavy (non-hydrogen) atoms. The first-order valence-corrected chi connectivity index (χ1v) is 5.65. The van der Waals surface area contributed by atoms with E-state index >= 15 is 0 Å². The summed E-state index contributed by atoms with van der Waals surface area (Å²) in [5, 5.41) is 2.13. The summed E-state index contributed by atoms with van der Waals surface area (Å²) in [6.45, 7) is 0. The van der Waals surface area contributed by atoms with Crippen molar-refractivity contribution < 1.29 is 22.4 Å². The van der Waals surface area contributed by atoms with Crippen LogP contribution < -0.4 is 5.32 Å². The van der Waals surface area contributed by atoms with Gasteiger partial charge in [0, 0.05) is 0 Å². The van der Waals surface area contributed by atoms with Crippen LogP contribution >= 0.6 is 0 Å². The van der Waals surface area contributed by atoms with Crippen LogP contribution in [0.5, 0.6) is 0 Å². The largest absolute Gasteiger partial charge is 0.323 e. The first kappa shape index (κ1) is 14.0. The molecule has 0 fully saturated rings. The topological polar surface area (TPSA) is 29.1 Å². The minimum atomic E-state index is -1.65. The predicted molar refractivity (Wildman–Crippen MR) is 65.0 cm³/mol. The standard InChI is InChI=1S/C14H9F4NO/c15-9-3-1-8(2-4-9)7-12(20)19-11-6-5-10(16)13(17)14(11)18/h1-6H,7H2,(H,19,20). The first-order valence-electron chi connectivity index (χ1n) is 5.65. The maximum atomic E-state index is 13.3. The average molecular weight is 283 g/mol. The predicted octanol–water partition coefficient (Wildman–Crippen LogP) is 3.42. The molecule has 0 aliphatic heterocycles. The molecular formula is C14H9F4NO. The lowest BCUT2D eigenvalue weighted by atomic mass is 10.1. The van der Waals surface area contributed by atoms with Gasteiger partial charge in [0.1, 0.15) is 5.82 Å². The maximum absolute atomic E-state index is 13.3. The fourth-order valence-electron chi connectivity index (χ4n) is 1.60. The van der Waals surface area contributed by atoms with Crippen LogP contribution in [0.25, 0.3) is 0 Å². The number of benzene rings is 2. The summed E-state index contributed by atoms with van der Waals surface area (Å²) in [7, 11) is 0. The highest BCUT2D eigenvalue weighted by molar-refractivity contribution is 5.92. The highest BCUT2D eigenvalue weighted by Gasteiger charge is 2.15. The number of anilines is 1. The fraction of sp³-hybridized carbons (Fsp3) is 0.0714. The number of amides is 1. The summed E-state index contributed by atoms with van der Waals surface area (Å²) < 4.78 is 51.7. The monoisotopic (exact) mass is 283 g/mol. The van der Waals surface area contributed by atoms with Crippen molar-refractivity contribution in [1.82, 2.24) is 0 Å². The summed E-state index contributed by atoms with van der Waals surface area (Å²) in [6.07, 6.45) is -0.140. The Hall–Kier alpha value is -2.37. The molecule has 104 valence electrons. The van der Waals surface area contributed by atoms with Crippen molar-refractivity contribution in [3.05, 3.63) is 65.2 Å². The molecule has 0 spiro atoms. The number of halogens is 4. The van der Waals surface area contributed by atoms with Crippen molar-refractivity contribution >= 4 is 11.6 Å². The Morgan fingerprint density at radius 1 is 0.900 bits per heavy atom. The van der Waals surface area contributed by atoms with E-state index in [1.165, 1.54) is 24.3 Å². The van der Waals surface area contributed by atoms with E-state index in [0.717, 1.165) is 6.07 Å². The molecule has 0 radical (unpaired) electrons. The van der Waals surface area contributed by atoms with E-state index in [9.17, 15) is 22.4 Å². The summed E-state index contributed by atoms with van der Waals surface area (Å²) in [6, 6.07) is 6.80. The van der Waals surface area contributed by atoms with E-state index in [1.807, 2.05) is 0 Å². The number of hydrogen-bond acceptors (Lipinski definition) is 1. The Labute approximate surface area is 112 Å². The number of carbonyl (C=O) groups excluding carboxylic acids is 1. The van der Waals surface area contributed by atoms with Gasteiger partial charge in [-0.2, -0.15) is 0 Å². The van der Waals surface area contributed by atoms with Crippen LogP contribution in [0.15, 0.2) is 36.4 Å². The van der Waals surface area contributed by atoms with Crippen LogP contribution in [0.1, 0.15) is 5.56 Å². The highest BCUT2D eigenvalue weighted by Crippen LogP contribution is 2.19. The van der Waals surface area contributed by atoms with Gasteiger partial charge in [-0.15, -0.1) is 0 Å². The normalized spacial score (nSPS) is 10.4. The first-order chi connectivity index (χ1) is 9.47. The lowest BCUT2D eigenvalue weighted by Crippen LogP contribution is -2.16. The van der Waals surface area contributed by atoms with Gasteiger partial charge in [0.25, 0.3) is 0 Å². The molecule has 0 unspecified atom stereocenters.